The summed E-state index contributed by atoms with van der Waals surface area (Å²) >= 11 is 0. The minimum atomic E-state index is -2.74. The zero-order valence-electron chi connectivity index (χ0n) is 4.66. The van der Waals surface area contributed by atoms with Gasteiger partial charge < -0.3 is 4.74 Å². The Morgan fingerprint density at radius 3 is 2.00 bits per heavy atom. The summed E-state index contributed by atoms with van der Waals surface area (Å²) in [7, 11) is 0. The van der Waals surface area contributed by atoms with Gasteiger partial charge in [0.15, 0.2) is 6.61 Å². The van der Waals surface area contributed by atoms with Gasteiger partial charge in [0, 0.05) is 6.92 Å². The van der Waals surface area contributed by atoms with Crippen molar-refractivity contribution >= 4 is 0 Å². The van der Waals surface area contributed by atoms with Gasteiger partial charge in [-0.15, -0.1) is 0 Å². The Bertz CT molecular complexity index is 76.2. The molecule has 0 amide bonds. The van der Waals surface area contributed by atoms with E-state index in [4.69, 9.17) is 0 Å². The van der Waals surface area contributed by atoms with Crippen molar-refractivity contribution in [2.24, 2.45) is 0 Å². The van der Waals surface area contributed by atoms with E-state index < -0.39 is 12.5 Å². The van der Waals surface area contributed by atoms with E-state index in [9.17, 15) is 8.78 Å². The van der Waals surface area contributed by atoms with E-state index in [0.29, 0.717) is 0 Å². The molecule has 0 saturated carbocycles. The van der Waals surface area contributed by atoms with Gasteiger partial charge >= 0.3 is 0 Å². The lowest BCUT2D eigenvalue weighted by molar-refractivity contribution is -0.0369. The number of rotatable bonds is 3. The molecule has 0 aromatic heterocycles. The topological polar surface area (TPSA) is 9.23 Å². The van der Waals surface area contributed by atoms with Crippen LogP contribution in [0.1, 0.15) is 21.8 Å². The van der Waals surface area contributed by atoms with E-state index in [0.717, 1.165) is 13.2 Å². The molecule has 10 heavy (non-hydrogen) atoms. The molecule has 0 aliphatic rings. The first-order valence-electron chi connectivity index (χ1n) is 2.16. The molecular weight excluding hydrogens is 138 g/mol. The lowest BCUT2D eigenvalue weighted by Gasteiger charge is -2.07. The highest BCUT2D eigenvalue weighted by atomic mass is 19.3. The van der Waals surface area contributed by atoms with Crippen molar-refractivity contribution in [1.82, 2.24) is 0 Å². The second-order valence-corrected chi connectivity index (χ2v) is 1.55. The minimum absolute atomic E-state index is 0. The van der Waals surface area contributed by atoms with E-state index in [2.05, 4.69) is 11.3 Å². The fourth-order valence-corrected chi connectivity index (χ4v) is 0.205. The first-order chi connectivity index (χ1) is 3.56. The van der Waals surface area contributed by atoms with E-state index in [1.807, 2.05) is 0 Å². The average Bonchev–Trinajstić information content (AvgIpc) is 1.59. The number of hydrogen-bond acceptors (Lipinski definition) is 1. The highest BCUT2D eigenvalue weighted by Gasteiger charge is 2.20. The molecule has 0 bridgehead atoms. The summed E-state index contributed by atoms with van der Waals surface area (Å²) in [5.41, 5.74) is 0. The molecule has 64 valence electrons. The smallest absolute Gasteiger partial charge is 0.278 e. The normalized spacial score (nSPS) is 8.70. The summed E-state index contributed by atoms with van der Waals surface area (Å²) < 4.78 is 27.7. The molecule has 0 aromatic rings. The van der Waals surface area contributed by atoms with Crippen LogP contribution in [0.5, 0.6) is 0 Å². The fraction of sp³-hybridized carbons (Fsp3) is 0.714. The second kappa shape index (κ2) is 6.52. The fourth-order valence-electron chi connectivity index (χ4n) is 0.205. The number of hydrogen-bond donors (Lipinski definition) is 0. The molecular formula is C7H16F2O. The van der Waals surface area contributed by atoms with Crippen molar-refractivity contribution < 1.29 is 13.5 Å². The molecule has 0 N–H and O–H groups in total. The lowest BCUT2D eigenvalue weighted by Crippen LogP contribution is -2.16. The van der Waals surface area contributed by atoms with Crippen LogP contribution in [0.4, 0.5) is 8.78 Å². The zero-order valence-corrected chi connectivity index (χ0v) is 4.66. The van der Waals surface area contributed by atoms with Crippen LogP contribution in [0.15, 0.2) is 12.8 Å². The van der Waals surface area contributed by atoms with Crippen LogP contribution in [0.2, 0.25) is 0 Å². The molecule has 3 heteroatoms. The predicted molar refractivity (Wildman–Crippen MR) is 40.2 cm³/mol. The van der Waals surface area contributed by atoms with E-state index in [-0.39, 0.29) is 14.9 Å². The molecule has 0 atom stereocenters. The van der Waals surface area contributed by atoms with Crippen LogP contribution < -0.4 is 0 Å². The molecule has 0 aromatic carbocycles. The number of halogens is 2. The third-order valence-electron chi connectivity index (χ3n) is 0.455. The Balaban J connectivity index is -0.000000245. The van der Waals surface area contributed by atoms with Gasteiger partial charge in [-0.25, -0.2) is 8.78 Å². The van der Waals surface area contributed by atoms with Crippen LogP contribution >= 0.6 is 0 Å². The number of alkyl halides is 2. The monoisotopic (exact) mass is 154 g/mol. The van der Waals surface area contributed by atoms with Crippen molar-refractivity contribution in [2.45, 2.75) is 27.7 Å². The minimum Gasteiger partial charge on any atom is -0.496 e. The SMILES string of the molecule is C.C.C=COCC(C)(F)F. The van der Waals surface area contributed by atoms with Crippen LogP contribution in [0.3, 0.4) is 0 Å². The molecule has 0 rings (SSSR count). The Kier molecular flexibility index (Phi) is 10.6. The summed E-state index contributed by atoms with van der Waals surface area (Å²) in [5, 5.41) is 0. The van der Waals surface area contributed by atoms with Crippen LogP contribution in [-0.2, 0) is 4.74 Å². The van der Waals surface area contributed by atoms with Crippen molar-refractivity contribution in [3.8, 4) is 0 Å². The molecule has 0 fully saturated rings. The molecule has 0 heterocycles. The maximum absolute atomic E-state index is 11.7. The Morgan fingerprint density at radius 1 is 1.50 bits per heavy atom. The van der Waals surface area contributed by atoms with Gasteiger partial charge in [-0.3, -0.25) is 0 Å². The van der Waals surface area contributed by atoms with Crippen molar-refractivity contribution in [1.29, 1.82) is 0 Å². The predicted octanol–water partition coefficient (Wildman–Crippen LogP) is 3.07. The van der Waals surface area contributed by atoms with Crippen molar-refractivity contribution in [2.75, 3.05) is 6.61 Å². The Hall–Kier alpha value is -0.600. The standard InChI is InChI=1S/C5H8F2O.2CH4/c1-3-8-4-5(2,6)7;;/h3H,1,4H2,2H3;2*1H4. The highest BCUT2D eigenvalue weighted by Crippen LogP contribution is 2.10. The average molecular weight is 154 g/mol. The molecule has 0 radical (unpaired) electrons. The number of ether oxygens (including phenoxy) is 1. The second-order valence-electron chi connectivity index (χ2n) is 1.55. The summed E-state index contributed by atoms with van der Waals surface area (Å²) in [6.07, 6.45) is 0.997. The van der Waals surface area contributed by atoms with Gasteiger partial charge in [0.2, 0.25) is 0 Å². The molecule has 0 saturated heterocycles. The van der Waals surface area contributed by atoms with Gasteiger partial charge in [-0.05, 0) is 0 Å². The third kappa shape index (κ3) is 15.7. The van der Waals surface area contributed by atoms with Crippen molar-refractivity contribution in [3.05, 3.63) is 12.8 Å². The third-order valence-corrected chi connectivity index (χ3v) is 0.455. The van der Waals surface area contributed by atoms with E-state index in [1.54, 1.807) is 0 Å². The van der Waals surface area contributed by atoms with E-state index in [1.165, 1.54) is 0 Å². The summed E-state index contributed by atoms with van der Waals surface area (Å²) in [6, 6.07) is 0. The first kappa shape index (κ1) is 16.2. The van der Waals surface area contributed by atoms with Gasteiger partial charge in [0.05, 0.1) is 6.26 Å². The zero-order chi connectivity index (χ0) is 6.62. The summed E-state index contributed by atoms with van der Waals surface area (Å²) in [5.74, 6) is -2.74. The molecule has 0 aliphatic heterocycles. The van der Waals surface area contributed by atoms with Gasteiger partial charge in [0.1, 0.15) is 0 Å². The van der Waals surface area contributed by atoms with Gasteiger partial charge in [-0.1, -0.05) is 21.4 Å². The molecule has 1 nitrogen and oxygen atoms in total. The largest absolute Gasteiger partial charge is 0.496 e. The molecule has 0 spiro atoms. The summed E-state index contributed by atoms with van der Waals surface area (Å²) in [6.45, 7) is 3.31. The highest BCUT2D eigenvalue weighted by molar-refractivity contribution is 4.58. The maximum Gasteiger partial charge on any atom is 0.278 e. The lowest BCUT2D eigenvalue weighted by atomic mass is 10.4. The van der Waals surface area contributed by atoms with Gasteiger partial charge in [0.25, 0.3) is 5.92 Å². The van der Waals surface area contributed by atoms with Crippen molar-refractivity contribution in [3.63, 3.8) is 0 Å². The molecule has 0 aliphatic carbocycles. The van der Waals surface area contributed by atoms with Crippen LogP contribution in [-0.4, -0.2) is 12.5 Å². The van der Waals surface area contributed by atoms with Crippen LogP contribution in [0.25, 0.3) is 0 Å². The maximum atomic E-state index is 11.7. The summed E-state index contributed by atoms with van der Waals surface area (Å²) in [4.78, 5) is 0. The Labute approximate surface area is 61.7 Å². The van der Waals surface area contributed by atoms with Gasteiger partial charge in [-0.2, -0.15) is 0 Å². The quantitative estimate of drug-likeness (QED) is 0.567. The van der Waals surface area contributed by atoms with Crippen LogP contribution in [0, 0.1) is 0 Å². The molecule has 0 unspecified atom stereocenters. The van der Waals surface area contributed by atoms with E-state index >= 15 is 0 Å². The Morgan fingerprint density at radius 2 is 1.90 bits per heavy atom. The first-order valence-corrected chi connectivity index (χ1v) is 2.16.